The number of fused-ring (bicyclic) bond motifs is 3. The zero-order chi connectivity index (χ0) is 36.8. The Hall–Kier alpha value is -6.35. The van der Waals surface area contributed by atoms with Crippen molar-refractivity contribution in [3.05, 3.63) is 180 Å². The number of nitriles is 1. The molecule has 0 fully saturated rings. The molecule has 3 aromatic heterocycles. The van der Waals surface area contributed by atoms with Gasteiger partial charge in [-0.1, -0.05) is 89.8 Å². The Morgan fingerprint density at radius 2 is 1.33 bits per heavy atom. The van der Waals surface area contributed by atoms with Crippen LogP contribution in [0, 0.1) is 44.2 Å². The second-order valence-electron chi connectivity index (χ2n) is 13.6. The van der Waals surface area contributed by atoms with Crippen LogP contribution in [0.3, 0.4) is 0 Å². The standard InChI is InChI=1S/C47H33BN6.Pt/c1-31-13-7-8-20-39(31)47-52-51-46(54(47)45-32(2)14-11-15-33(45)3)35-16-12-19-37(28-35)48(36-17-5-4-6-18-36)38-23-24-40-41-27-34(30-49)22-25-42(41)53(43(40)29-38)44-21-9-10-26-50-44;/h4-27H,1-3H3;/q-2;+2. The molecule has 0 aliphatic rings. The third-order valence-electron chi connectivity index (χ3n) is 10.2. The fraction of sp³-hybridized carbons (Fsp3) is 0.0638. The molecule has 0 aliphatic heterocycles. The molecule has 264 valence electrons. The first-order valence-corrected chi connectivity index (χ1v) is 18.0. The van der Waals surface area contributed by atoms with Crippen molar-refractivity contribution in [2.45, 2.75) is 20.8 Å². The van der Waals surface area contributed by atoms with Crippen LogP contribution in [0.1, 0.15) is 22.3 Å². The van der Waals surface area contributed by atoms with Gasteiger partial charge in [-0.25, -0.2) is 4.98 Å². The topological polar surface area (TPSA) is 72.3 Å². The normalized spacial score (nSPS) is 11.0. The summed E-state index contributed by atoms with van der Waals surface area (Å²) in [6, 6.07) is 57.5. The van der Waals surface area contributed by atoms with Crippen molar-refractivity contribution in [3.8, 4) is 40.4 Å². The van der Waals surface area contributed by atoms with Crippen molar-refractivity contribution in [2.75, 3.05) is 0 Å². The molecule has 0 spiro atoms. The number of pyridine rings is 1. The molecular weight excluding hydrogens is 854 g/mol. The fourth-order valence-electron chi connectivity index (χ4n) is 7.71. The summed E-state index contributed by atoms with van der Waals surface area (Å²) in [7, 11) is 0. The van der Waals surface area contributed by atoms with Gasteiger partial charge in [0.25, 0.3) is 0 Å². The molecule has 6 aromatic carbocycles. The van der Waals surface area contributed by atoms with Crippen LogP contribution in [0.5, 0.6) is 0 Å². The van der Waals surface area contributed by atoms with Crippen LogP contribution >= 0.6 is 0 Å². The van der Waals surface area contributed by atoms with Gasteiger partial charge in [0, 0.05) is 23.0 Å². The maximum atomic E-state index is 9.76. The monoisotopic (exact) mass is 887 g/mol. The first-order chi connectivity index (χ1) is 26.5. The molecule has 0 amide bonds. The summed E-state index contributed by atoms with van der Waals surface area (Å²) < 4.78 is 4.33. The first kappa shape index (κ1) is 35.7. The molecule has 0 atom stereocenters. The Balaban J connectivity index is 0.00000427. The third-order valence-corrected chi connectivity index (χ3v) is 10.2. The molecular formula is C47H33BN6Pt. The summed E-state index contributed by atoms with van der Waals surface area (Å²) in [5.41, 5.74) is 11.9. The van der Waals surface area contributed by atoms with Crippen LogP contribution in [0.15, 0.2) is 146 Å². The maximum Gasteiger partial charge on any atom is 2.00 e. The third kappa shape index (κ3) is 6.29. The zero-order valence-electron chi connectivity index (χ0n) is 30.4. The van der Waals surface area contributed by atoms with Gasteiger partial charge in [0.05, 0.1) is 17.5 Å². The van der Waals surface area contributed by atoms with E-state index in [2.05, 4.69) is 133 Å². The van der Waals surface area contributed by atoms with E-state index in [0.717, 1.165) is 89.2 Å². The van der Waals surface area contributed by atoms with Crippen LogP contribution < -0.4 is 16.4 Å². The van der Waals surface area contributed by atoms with E-state index in [9.17, 15) is 5.26 Å². The summed E-state index contributed by atoms with van der Waals surface area (Å²) in [5.74, 6) is 2.30. The van der Waals surface area contributed by atoms with Gasteiger partial charge in [-0.3, -0.25) is 0 Å². The van der Waals surface area contributed by atoms with Gasteiger partial charge in [0.1, 0.15) is 5.82 Å². The quantitative estimate of drug-likeness (QED) is 0.120. The van der Waals surface area contributed by atoms with E-state index in [1.807, 2.05) is 54.6 Å². The molecule has 3 heterocycles. The van der Waals surface area contributed by atoms with Crippen LogP contribution in [0.25, 0.3) is 56.1 Å². The van der Waals surface area contributed by atoms with Gasteiger partial charge in [0.2, 0.25) is 0 Å². The molecule has 9 aromatic rings. The van der Waals surface area contributed by atoms with Crippen LogP contribution in [-0.4, -0.2) is 31.0 Å². The van der Waals surface area contributed by atoms with Gasteiger partial charge < -0.3 is 9.13 Å². The number of aromatic nitrogens is 5. The minimum atomic E-state index is -0.201. The zero-order valence-corrected chi connectivity index (χ0v) is 32.7. The molecule has 0 aliphatic carbocycles. The average Bonchev–Trinajstić information content (AvgIpc) is 3.78. The Bertz CT molecular complexity index is 2870. The smallest absolute Gasteiger partial charge is 0.319 e. The summed E-state index contributed by atoms with van der Waals surface area (Å²) in [5, 5.41) is 21.5. The van der Waals surface area contributed by atoms with Gasteiger partial charge in [-0.05, 0) is 73.2 Å². The van der Waals surface area contributed by atoms with Crippen molar-refractivity contribution < 1.29 is 21.1 Å². The molecule has 0 saturated carbocycles. The molecule has 0 unspecified atom stereocenters. The van der Waals surface area contributed by atoms with Gasteiger partial charge in [0.15, 0.2) is 12.5 Å². The van der Waals surface area contributed by atoms with E-state index < -0.39 is 0 Å². The minimum Gasteiger partial charge on any atom is -0.319 e. The molecule has 8 heteroatoms. The molecule has 9 rings (SSSR count). The summed E-state index contributed by atoms with van der Waals surface area (Å²) in [6.07, 6.45) is 1.80. The van der Waals surface area contributed by atoms with Crippen molar-refractivity contribution in [3.63, 3.8) is 0 Å². The second-order valence-corrected chi connectivity index (χ2v) is 13.6. The van der Waals surface area contributed by atoms with E-state index >= 15 is 0 Å². The summed E-state index contributed by atoms with van der Waals surface area (Å²) in [6.45, 7) is 6.18. The molecule has 0 saturated heterocycles. The van der Waals surface area contributed by atoms with E-state index in [1.165, 1.54) is 0 Å². The van der Waals surface area contributed by atoms with Gasteiger partial charge in [-0.2, -0.15) is 39.5 Å². The maximum absolute atomic E-state index is 9.76. The van der Waals surface area contributed by atoms with E-state index in [1.54, 1.807) is 6.20 Å². The molecule has 55 heavy (non-hydrogen) atoms. The predicted molar refractivity (Wildman–Crippen MR) is 219 cm³/mol. The van der Waals surface area contributed by atoms with Crippen LogP contribution in [0.4, 0.5) is 0 Å². The average molecular weight is 888 g/mol. The fourth-order valence-corrected chi connectivity index (χ4v) is 7.71. The van der Waals surface area contributed by atoms with Crippen molar-refractivity contribution in [2.24, 2.45) is 0 Å². The number of hydrogen-bond donors (Lipinski definition) is 0. The van der Waals surface area contributed by atoms with E-state index in [4.69, 9.17) is 15.2 Å². The molecule has 0 N–H and O–H groups in total. The second kappa shape index (κ2) is 14.8. The van der Waals surface area contributed by atoms with Crippen molar-refractivity contribution in [1.82, 2.24) is 24.3 Å². The first-order valence-electron chi connectivity index (χ1n) is 18.0. The number of para-hydroxylation sites is 1. The Labute approximate surface area is 335 Å². The summed E-state index contributed by atoms with van der Waals surface area (Å²) in [4.78, 5) is 4.73. The SMILES string of the molecule is Cc1ccccc1-c1nnc(-c2[c-]c(B(c3[c-]c4c(cc3)c3cc(C#N)ccc3n4-c3ccccn3)c3ccccc3)ccc2)n1-c1c(C)cccc1C.[Pt+2]. The molecule has 0 bridgehead atoms. The molecule has 0 radical (unpaired) electrons. The minimum absolute atomic E-state index is 0. The van der Waals surface area contributed by atoms with Crippen LogP contribution in [0.2, 0.25) is 0 Å². The summed E-state index contributed by atoms with van der Waals surface area (Å²) >= 11 is 0. The van der Waals surface area contributed by atoms with E-state index in [0.29, 0.717) is 5.56 Å². The van der Waals surface area contributed by atoms with Crippen molar-refractivity contribution in [1.29, 1.82) is 5.26 Å². The largest absolute Gasteiger partial charge is 2.00 e. The van der Waals surface area contributed by atoms with E-state index in [-0.39, 0.29) is 27.8 Å². The Morgan fingerprint density at radius 3 is 2.09 bits per heavy atom. The Kier molecular flexibility index (Phi) is 9.61. The van der Waals surface area contributed by atoms with Crippen LogP contribution in [-0.2, 0) is 21.1 Å². The van der Waals surface area contributed by atoms with Gasteiger partial charge >= 0.3 is 21.1 Å². The predicted octanol–water partition coefficient (Wildman–Crippen LogP) is 8.00. The number of nitrogens with zero attached hydrogens (tertiary/aromatic N) is 6. The number of hydrogen-bond acceptors (Lipinski definition) is 4. The number of rotatable bonds is 7. The van der Waals surface area contributed by atoms with Crippen molar-refractivity contribution >= 4 is 44.9 Å². The Morgan fingerprint density at radius 1 is 0.618 bits per heavy atom. The van der Waals surface area contributed by atoms with Gasteiger partial charge in [-0.15, -0.1) is 40.3 Å². The number of benzene rings is 6. The number of aryl methyl sites for hydroxylation is 3. The molecule has 6 nitrogen and oxygen atoms in total.